The Hall–Kier alpha value is -1.59. The van der Waals surface area contributed by atoms with Gasteiger partial charge in [-0.2, -0.15) is 0 Å². The molecule has 0 aliphatic carbocycles. The molecule has 2 unspecified atom stereocenters. The van der Waals surface area contributed by atoms with Gasteiger partial charge >= 0.3 is 0 Å². The van der Waals surface area contributed by atoms with Crippen LogP contribution in [0.1, 0.15) is 38.7 Å². The summed E-state index contributed by atoms with van der Waals surface area (Å²) in [6, 6.07) is 8.32. The summed E-state index contributed by atoms with van der Waals surface area (Å²) in [6.45, 7) is 5.83. The summed E-state index contributed by atoms with van der Waals surface area (Å²) in [6.07, 6.45) is 3.18. The molecule has 1 heterocycles. The second-order valence-electron chi connectivity index (χ2n) is 6.62. The highest BCUT2D eigenvalue weighted by atomic mass is 16.5. The number of hydrogen-bond acceptors (Lipinski definition) is 4. The molecule has 1 aromatic carbocycles. The first-order valence-corrected chi connectivity index (χ1v) is 8.87. The summed E-state index contributed by atoms with van der Waals surface area (Å²) < 4.78 is 5.44. The van der Waals surface area contributed by atoms with Gasteiger partial charge in [0.2, 0.25) is 5.91 Å². The van der Waals surface area contributed by atoms with Gasteiger partial charge in [-0.05, 0) is 44.4 Å². The third kappa shape index (κ3) is 4.95. The molecule has 0 spiro atoms. The lowest BCUT2D eigenvalue weighted by Gasteiger charge is -2.40. The van der Waals surface area contributed by atoms with Crippen LogP contribution in [0.5, 0.6) is 5.75 Å². The number of amides is 1. The van der Waals surface area contributed by atoms with Crippen molar-refractivity contribution in [3.63, 3.8) is 0 Å². The Balaban J connectivity index is 1.91. The van der Waals surface area contributed by atoms with Gasteiger partial charge < -0.3 is 14.7 Å². The molecular weight excluding hydrogens is 304 g/mol. The van der Waals surface area contributed by atoms with E-state index in [1.165, 1.54) is 0 Å². The molecule has 0 bridgehead atoms. The van der Waals surface area contributed by atoms with Crippen LogP contribution < -0.4 is 4.74 Å². The number of aliphatic hydroxyl groups is 1. The standard InChI is InChI=1S/C19H30N2O3/c1-4-24-18-10-8-16(9-11-18)12-20(3)19(23)13-21-15(2)6-5-7-17(21)14-22/h8-11,15,17,22H,4-7,12-14H2,1-3H3. The van der Waals surface area contributed by atoms with E-state index in [-0.39, 0.29) is 18.6 Å². The van der Waals surface area contributed by atoms with E-state index >= 15 is 0 Å². The number of likely N-dealkylation sites (N-methyl/N-ethyl adjacent to an activating group) is 1. The third-order valence-corrected chi connectivity index (χ3v) is 4.80. The van der Waals surface area contributed by atoms with E-state index in [4.69, 9.17) is 4.74 Å². The quantitative estimate of drug-likeness (QED) is 0.831. The topological polar surface area (TPSA) is 53.0 Å². The number of ether oxygens (including phenoxy) is 1. The molecule has 0 aromatic heterocycles. The molecule has 5 nitrogen and oxygen atoms in total. The first-order valence-electron chi connectivity index (χ1n) is 8.87. The molecule has 1 N–H and O–H groups in total. The van der Waals surface area contributed by atoms with Gasteiger partial charge in [-0.1, -0.05) is 18.6 Å². The van der Waals surface area contributed by atoms with Crippen LogP contribution in [0.3, 0.4) is 0 Å². The van der Waals surface area contributed by atoms with Crippen LogP contribution in [0, 0.1) is 0 Å². The third-order valence-electron chi connectivity index (χ3n) is 4.80. The monoisotopic (exact) mass is 334 g/mol. The number of carbonyl (C=O) groups excluding carboxylic acids is 1. The molecule has 1 saturated heterocycles. The second-order valence-corrected chi connectivity index (χ2v) is 6.62. The predicted molar refractivity (Wildman–Crippen MR) is 95.0 cm³/mol. The van der Waals surface area contributed by atoms with Crippen molar-refractivity contribution in [2.45, 2.75) is 51.7 Å². The van der Waals surface area contributed by atoms with Crippen LogP contribution in [0.4, 0.5) is 0 Å². The number of nitrogens with zero attached hydrogens (tertiary/aromatic N) is 2. The van der Waals surface area contributed by atoms with Crippen molar-refractivity contribution in [2.75, 3.05) is 26.8 Å². The summed E-state index contributed by atoms with van der Waals surface area (Å²) in [5, 5.41) is 9.56. The van der Waals surface area contributed by atoms with Crippen molar-refractivity contribution in [2.24, 2.45) is 0 Å². The minimum atomic E-state index is 0.0936. The Bertz CT molecular complexity index is 518. The molecule has 1 aliphatic rings. The Morgan fingerprint density at radius 3 is 2.67 bits per heavy atom. The molecule has 1 amide bonds. The molecular formula is C19H30N2O3. The minimum absolute atomic E-state index is 0.0936. The van der Waals surface area contributed by atoms with Gasteiger partial charge in [-0.3, -0.25) is 9.69 Å². The maximum absolute atomic E-state index is 12.6. The van der Waals surface area contributed by atoms with Gasteiger partial charge in [0, 0.05) is 25.7 Å². The van der Waals surface area contributed by atoms with Gasteiger partial charge in [0.05, 0.1) is 19.8 Å². The number of hydrogen-bond donors (Lipinski definition) is 1. The van der Waals surface area contributed by atoms with E-state index < -0.39 is 0 Å². The first-order chi connectivity index (χ1) is 11.5. The molecule has 134 valence electrons. The van der Waals surface area contributed by atoms with E-state index in [0.29, 0.717) is 25.7 Å². The molecule has 0 radical (unpaired) electrons. The van der Waals surface area contributed by atoms with Gasteiger partial charge in [-0.25, -0.2) is 0 Å². The zero-order valence-corrected chi connectivity index (χ0v) is 15.1. The van der Waals surface area contributed by atoms with Gasteiger partial charge in [0.1, 0.15) is 5.75 Å². The molecule has 2 atom stereocenters. The van der Waals surface area contributed by atoms with Crippen LogP contribution in [-0.4, -0.2) is 59.7 Å². The predicted octanol–water partition coefficient (Wildman–Crippen LogP) is 2.28. The molecule has 1 fully saturated rings. The van der Waals surface area contributed by atoms with Crippen molar-refractivity contribution < 1.29 is 14.6 Å². The van der Waals surface area contributed by atoms with Crippen molar-refractivity contribution in [1.29, 1.82) is 0 Å². The van der Waals surface area contributed by atoms with E-state index in [1.807, 2.05) is 38.2 Å². The van der Waals surface area contributed by atoms with Crippen LogP contribution in [0.15, 0.2) is 24.3 Å². The number of likely N-dealkylation sites (tertiary alicyclic amines) is 1. The lowest BCUT2D eigenvalue weighted by molar-refractivity contribution is -0.133. The largest absolute Gasteiger partial charge is 0.494 e. The highest BCUT2D eigenvalue weighted by molar-refractivity contribution is 5.78. The molecule has 1 aromatic rings. The van der Waals surface area contributed by atoms with E-state index in [2.05, 4.69) is 11.8 Å². The molecule has 24 heavy (non-hydrogen) atoms. The molecule has 1 aliphatic heterocycles. The Morgan fingerprint density at radius 2 is 2.04 bits per heavy atom. The number of aliphatic hydroxyl groups excluding tert-OH is 1. The summed E-state index contributed by atoms with van der Waals surface area (Å²) >= 11 is 0. The fraction of sp³-hybridized carbons (Fsp3) is 0.632. The van der Waals surface area contributed by atoms with Crippen molar-refractivity contribution in [1.82, 2.24) is 9.80 Å². The lowest BCUT2D eigenvalue weighted by Crippen LogP contribution is -2.51. The Kier molecular flexibility index (Phi) is 7.06. The van der Waals surface area contributed by atoms with Gasteiger partial charge in [0.25, 0.3) is 0 Å². The summed E-state index contributed by atoms with van der Waals surface area (Å²) in [4.78, 5) is 16.5. The fourth-order valence-corrected chi connectivity index (χ4v) is 3.32. The number of benzene rings is 1. The normalized spacial score (nSPS) is 21.5. The number of rotatable bonds is 7. The number of piperidine rings is 1. The minimum Gasteiger partial charge on any atom is -0.494 e. The van der Waals surface area contributed by atoms with Crippen molar-refractivity contribution in [3.05, 3.63) is 29.8 Å². The highest BCUT2D eigenvalue weighted by Gasteiger charge is 2.29. The van der Waals surface area contributed by atoms with Crippen LogP contribution in [-0.2, 0) is 11.3 Å². The van der Waals surface area contributed by atoms with Crippen LogP contribution in [0.2, 0.25) is 0 Å². The smallest absolute Gasteiger partial charge is 0.236 e. The summed E-state index contributed by atoms with van der Waals surface area (Å²) in [5.41, 5.74) is 1.08. The Morgan fingerprint density at radius 1 is 1.33 bits per heavy atom. The first kappa shape index (κ1) is 18.7. The van der Waals surface area contributed by atoms with E-state index in [9.17, 15) is 9.90 Å². The number of carbonyl (C=O) groups is 1. The Labute approximate surface area is 145 Å². The molecule has 2 rings (SSSR count). The van der Waals surface area contributed by atoms with E-state index in [0.717, 1.165) is 30.6 Å². The fourth-order valence-electron chi connectivity index (χ4n) is 3.32. The lowest BCUT2D eigenvalue weighted by atomic mass is 9.97. The van der Waals surface area contributed by atoms with Crippen LogP contribution in [0.25, 0.3) is 0 Å². The zero-order valence-electron chi connectivity index (χ0n) is 15.1. The molecule has 0 saturated carbocycles. The van der Waals surface area contributed by atoms with Gasteiger partial charge in [0.15, 0.2) is 0 Å². The summed E-state index contributed by atoms with van der Waals surface area (Å²) in [7, 11) is 1.83. The maximum atomic E-state index is 12.6. The second kappa shape index (κ2) is 9.04. The molecule has 5 heteroatoms. The summed E-state index contributed by atoms with van der Waals surface area (Å²) in [5.74, 6) is 0.944. The highest BCUT2D eigenvalue weighted by Crippen LogP contribution is 2.22. The van der Waals surface area contributed by atoms with Crippen molar-refractivity contribution >= 4 is 5.91 Å². The SMILES string of the molecule is CCOc1ccc(CN(C)C(=O)CN2C(C)CCCC2CO)cc1. The zero-order chi connectivity index (χ0) is 17.5. The van der Waals surface area contributed by atoms with Crippen LogP contribution >= 0.6 is 0 Å². The van der Waals surface area contributed by atoms with E-state index in [1.54, 1.807) is 4.90 Å². The van der Waals surface area contributed by atoms with Crippen molar-refractivity contribution in [3.8, 4) is 5.75 Å². The van der Waals surface area contributed by atoms with Gasteiger partial charge in [-0.15, -0.1) is 0 Å². The average molecular weight is 334 g/mol. The average Bonchev–Trinajstić information content (AvgIpc) is 2.58. The maximum Gasteiger partial charge on any atom is 0.236 e.